The molecule has 0 aliphatic carbocycles. The molecule has 11 heavy (non-hydrogen) atoms. The van der Waals surface area contributed by atoms with E-state index in [-0.39, 0.29) is 0 Å². The second kappa shape index (κ2) is 5.70. The quantitative estimate of drug-likeness (QED) is 0.430. The molecule has 0 spiro atoms. The molecule has 0 unspecified atom stereocenters. The Morgan fingerprint density at radius 1 is 1.36 bits per heavy atom. The number of hydrogen-bond acceptors (Lipinski definition) is 2. The lowest BCUT2D eigenvalue weighted by molar-refractivity contribution is -0.137. The van der Waals surface area contributed by atoms with Crippen LogP contribution in [-0.2, 0) is 9.59 Å². The summed E-state index contributed by atoms with van der Waals surface area (Å²) in [6, 6.07) is 0. The molecule has 0 aliphatic heterocycles. The summed E-state index contributed by atoms with van der Waals surface area (Å²) in [5.41, 5.74) is 4.69. The summed E-state index contributed by atoms with van der Waals surface area (Å²) >= 11 is 0. The maximum absolute atomic E-state index is 10.5. The molecule has 0 heterocycles. The minimum Gasteiger partial charge on any atom is -0.361 e. The molecule has 0 bridgehead atoms. The molecule has 0 fully saturated rings. The Morgan fingerprint density at radius 3 is 2.45 bits per heavy atom. The van der Waals surface area contributed by atoms with Crippen molar-refractivity contribution in [3.8, 4) is 0 Å². The van der Waals surface area contributed by atoms with Gasteiger partial charge in [0.2, 0.25) is 0 Å². The zero-order chi connectivity index (χ0) is 8.69. The molecule has 0 atom stereocenters. The van der Waals surface area contributed by atoms with Gasteiger partial charge in [-0.1, -0.05) is 19.8 Å². The number of carbonyl (C=O) groups is 2. The van der Waals surface area contributed by atoms with E-state index >= 15 is 0 Å². The molecule has 0 aliphatic rings. The molecule has 0 saturated heterocycles. The summed E-state index contributed by atoms with van der Waals surface area (Å²) in [5.74, 6) is -1.64. The normalized spacial score (nSPS) is 9.18. The number of amides is 2. The van der Waals surface area contributed by atoms with Crippen LogP contribution in [0.4, 0.5) is 0 Å². The van der Waals surface area contributed by atoms with Crippen molar-refractivity contribution in [2.75, 3.05) is 6.54 Å². The van der Waals surface area contributed by atoms with E-state index in [2.05, 4.69) is 18.0 Å². The zero-order valence-corrected chi connectivity index (χ0v) is 6.43. The van der Waals surface area contributed by atoms with E-state index in [1.54, 1.807) is 0 Å². The standard InChI is InChI=1S/C7H13N2O2/c1-2-3-4-5-9-7(11)6(8)10/h1-5H2,(H2,8,10)(H,9,11). The van der Waals surface area contributed by atoms with Crippen LogP contribution in [-0.4, -0.2) is 18.4 Å². The number of carbonyl (C=O) groups excluding carboxylic acids is 2. The predicted molar refractivity (Wildman–Crippen MR) is 41.4 cm³/mol. The van der Waals surface area contributed by atoms with Gasteiger partial charge in [0.15, 0.2) is 0 Å². The van der Waals surface area contributed by atoms with Gasteiger partial charge in [0.25, 0.3) is 0 Å². The fraction of sp³-hybridized carbons (Fsp3) is 0.571. The fourth-order valence-corrected chi connectivity index (χ4v) is 0.591. The summed E-state index contributed by atoms with van der Waals surface area (Å²) in [6.45, 7) is 4.13. The van der Waals surface area contributed by atoms with Gasteiger partial charge in [0, 0.05) is 6.54 Å². The number of primary amides is 1. The van der Waals surface area contributed by atoms with E-state index < -0.39 is 11.8 Å². The van der Waals surface area contributed by atoms with Crippen molar-refractivity contribution in [3.05, 3.63) is 6.92 Å². The highest BCUT2D eigenvalue weighted by Crippen LogP contribution is 1.89. The Bertz CT molecular complexity index is 145. The summed E-state index contributed by atoms with van der Waals surface area (Å²) in [7, 11) is 0. The third kappa shape index (κ3) is 5.39. The van der Waals surface area contributed by atoms with Crippen LogP contribution in [0.3, 0.4) is 0 Å². The molecule has 4 nitrogen and oxygen atoms in total. The Labute approximate surface area is 66.1 Å². The molecule has 3 N–H and O–H groups in total. The summed E-state index contributed by atoms with van der Waals surface area (Å²) < 4.78 is 0. The van der Waals surface area contributed by atoms with Crippen LogP contribution in [0.2, 0.25) is 0 Å². The molecule has 0 aromatic carbocycles. The van der Waals surface area contributed by atoms with Crippen molar-refractivity contribution in [2.24, 2.45) is 5.73 Å². The largest absolute Gasteiger partial charge is 0.361 e. The topological polar surface area (TPSA) is 72.2 Å². The maximum atomic E-state index is 10.5. The van der Waals surface area contributed by atoms with Crippen LogP contribution in [0.1, 0.15) is 19.3 Å². The molecule has 0 saturated carbocycles. The second-order valence-corrected chi connectivity index (χ2v) is 2.18. The number of rotatable bonds is 4. The second-order valence-electron chi connectivity index (χ2n) is 2.18. The van der Waals surface area contributed by atoms with Gasteiger partial charge in [0.1, 0.15) is 0 Å². The summed E-state index contributed by atoms with van der Waals surface area (Å²) in [5, 5.41) is 2.38. The van der Waals surface area contributed by atoms with Crippen LogP contribution in [0.25, 0.3) is 0 Å². The van der Waals surface area contributed by atoms with Gasteiger partial charge in [-0.05, 0) is 6.42 Å². The van der Waals surface area contributed by atoms with Gasteiger partial charge in [-0.25, -0.2) is 0 Å². The average molecular weight is 157 g/mol. The van der Waals surface area contributed by atoms with Crippen molar-refractivity contribution < 1.29 is 9.59 Å². The molecule has 2 amide bonds. The first-order valence-corrected chi connectivity index (χ1v) is 3.55. The lowest BCUT2D eigenvalue weighted by Crippen LogP contribution is -2.36. The lowest BCUT2D eigenvalue weighted by atomic mass is 10.2. The third-order valence-corrected chi connectivity index (χ3v) is 1.19. The molecule has 0 aromatic rings. The van der Waals surface area contributed by atoms with E-state index in [1.165, 1.54) is 0 Å². The lowest BCUT2D eigenvalue weighted by Gasteiger charge is -1.99. The smallest absolute Gasteiger partial charge is 0.309 e. The number of nitrogens with two attached hydrogens (primary N) is 1. The minimum absolute atomic E-state index is 0.497. The van der Waals surface area contributed by atoms with E-state index in [0.29, 0.717) is 6.54 Å². The molecule has 1 radical (unpaired) electrons. The highest BCUT2D eigenvalue weighted by molar-refractivity contribution is 6.34. The molecule has 63 valence electrons. The van der Waals surface area contributed by atoms with Crippen LogP contribution >= 0.6 is 0 Å². The van der Waals surface area contributed by atoms with Gasteiger partial charge in [-0.3, -0.25) is 9.59 Å². The van der Waals surface area contributed by atoms with Gasteiger partial charge < -0.3 is 11.1 Å². The van der Waals surface area contributed by atoms with Gasteiger partial charge in [0.05, 0.1) is 0 Å². The van der Waals surface area contributed by atoms with Gasteiger partial charge in [-0.15, -0.1) is 0 Å². The number of hydrogen-bond donors (Lipinski definition) is 2. The zero-order valence-electron chi connectivity index (χ0n) is 6.43. The Balaban J connectivity index is 3.25. The SMILES string of the molecule is [CH2]CCCCNC(=O)C(N)=O. The van der Waals surface area contributed by atoms with Gasteiger partial charge in [-0.2, -0.15) is 0 Å². The molecular formula is C7H13N2O2. The molecule has 0 rings (SSSR count). The first kappa shape index (κ1) is 9.94. The van der Waals surface area contributed by atoms with Crippen LogP contribution < -0.4 is 11.1 Å². The van der Waals surface area contributed by atoms with Crippen molar-refractivity contribution in [2.45, 2.75) is 19.3 Å². The van der Waals surface area contributed by atoms with E-state index in [1.807, 2.05) is 0 Å². The van der Waals surface area contributed by atoms with Gasteiger partial charge >= 0.3 is 11.8 Å². The molecule has 0 aromatic heterocycles. The number of unbranched alkanes of at least 4 members (excludes halogenated alkanes) is 2. The summed E-state index contributed by atoms with van der Waals surface area (Å²) in [6.07, 6.45) is 2.62. The summed E-state index contributed by atoms with van der Waals surface area (Å²) in [4.78, 5) is 20.7. The first-order valence-electron chi connectivity index (χ1n) is 3.55. The van der Waals surface area contributed by atoms with Crippen molar-refractivity contribution in [3.63, 3.8) is 0 Å². The third-order valence-electron chi connectivity index (χ3n) is 1.19. The first-order chi connectivity index (χ1) is 5.18. The van der Waals surface area contributed by atoms with Crippen molar-refractivity contribution in [1.82, 2.24) is 5.32 Å². The van der Waals surface area contributed by atoms with E-state index in [4.69, 9.17) is 0 Å². The van der Waals surface area contributed by atoms with Crippen LogP contribution in [0, 0.1) is 6.92 Å². The Hall–Kier alpha value is -1.06. The fourth-order valence-electron chi connectivity index (χ4n) is 0.591. The van der Waals surface area contributed by atoms with Crippen LogP contribution in [0.15, 0.2) is 0 Å². The van der Waals surface area contributed by atoms with Crippen LogP contribution in [0.5, 0.6) is 0 Å². The monoisotopic (exact) mass is 157 g/mol. The predicted octanol–water partition coefficient (Wildman–Crippen LogP) is -0.408. The van der Waals surface area contributed by atoms with Crippen molar-refractivity contribution >= 4 is 11.8 Å². The van der Waals surface area contributed by atoms with Crippen molar-refractivity contribution in [1.29, 1.82) is 0 Å². The minimum atomic E-state index is -0.931. The highest BCUT2D eigenvalue weighted by atomic mass is 16.2. The molecule has 4 heteroatoms. The van der Waals surface area contributed by atoms with E-state index in [9.17, 15) is 9.59 Å². The van der Waals surface area contributed by atoms with E-state index in [0.717, 1.165) is 19.3 Å². The maximum Gasteiger partial charge on any atom is 0.309 e. The molecular weight excluding hydrogens is 144 g/mol. The average Bonchev–Trinajstić information content (AvgIpc) is 1.97. The number of nitrogens with one attached hydrogen (secondary N) is 1. The Morgan fingerprint density at radius 2 is 2.00 bits per heavy atom. The Kier molecular flexibility index (Phi) is 5.15. The highest BCUT2D eigenvalue weighted by Gasteiger charge is 2.05.